The summed E-state index contributed by atoms with van der Waals surface area (Å²) in [4.78, 5) is 4.27. The summed E-state index contributed by atoms with van der Waals surface area (Å²) in [5.41, 5.74) is 0. The zero-order chi connectivity index (χ0) is 11.4. The van der Waals surface area contributed by atoms with Gasteiger partial charge in [0.15, 0.2) is 5.82 Å². The number of hydrogen-bond donors (Lipinski definition) is 2. The van der Waals surface area contributed by atoms with Crippen LogP contribution >= 0.6 is 0 Å². The molecule has 1 saturated heterocycles. The van der Waals surface area contributed by atoms with Crippen LogP contribution in [0.3, 0.4) is 0 Å². The molecule has 2 heterocycles. The summed E-state index contributed by atoms with van der Waals surface area (Å²) in [5.74, 6) is 1.22. The molecule has 0 aromatic carbocycles. The van der Waals surface area contributed by atoms with Crippen molar-refractivity contribution < 1.29 is 14.4 Å². The first-order valence-electron chi connectivity index (χ1n) is 5.61. The van der Waals surface area contributed by atoms with E-state index < -0.39 is 0 Å². The molecule has 0 spiro atoms. The van der Waals surface area contributed by atoms with E-state index in [2.05, 4.69) is 15.5 Å². The second-order valence-corrected chi connectivity index (χ2v) is 3.85. The fraction of sp³-hybridized carbons (Fsp3) is 0.800. The summed E-state index contributed by atoms with van der Waals surface area (Å²) in [5, 5.41) is 16.4. The fourth-order valence-electron chi connectivity index (χ4n) is 1.72. The van der Waals surface area contributed by atoms with Crippen molar-refractivity contribution in [3.8, 4) is 0 Å². The molecule has 2 N–H and O–H groups in total. The maximum absolute atomic E-state index is 9.37. The Morgan fingerprint density at radius 3 is 3.19 bits per heavy atom. The van der Waals surface area contributed by atoms with Crippen LogP contribution in [0.1, 0.15) is 31.1 Å². The molecule has 1 fully saturated rings. The average Bonchev–Trinajstić information content (AvgIpc) is 2.87. The molecule has 0 aliphatic carbocycles. The number of nitrogens with one attached hydrogen (secondary N) is 1. The Labute approximate surface area is 94.0 Å². The molecule has 0 unspecified atom stereocenters. The van der Waals surface area contributed by atoms with Crippen molar-refractivity contribution in [2.45, 2.75) is 31.9 Å². The van der Waals surface area contributed by atoms with Crippen molar-refractivity contribution in [2.75, 3.05) is 19.8 Å². The summed E-state index contributed by atoms with van der Waals surface area (Å²) in [6.45, 7) is 3.84. The highest BCUT2D eigenvalue weighted by molar-refractivity contribution is 4.97. The third-order valence-electron chi connectivity index (χ3n) is 2.56. The van der Waals surface area contributed by atoms with Crippen LogP contribution in [-0.2, 0) is 11.2 Å². The summed E-state index contributed by atoms with van der Waals surface area (Å²) in [6.07, 6.45) is 0.975. The zero-order valence-corrected chi connectivity index (χ0v) is 9.35. The Kier molecular flexibility index (Phi) is 3.87. The number of rotatable bonds is 5. The first-order chi connectivity index (χ1) is 7.79. The monoisotopic (exact) mass is 227 g/mol. The summed E-state index contributed by atoms with van der Waals surface area (Å²) < 4.78 is 10.3. The Hall–Kier alpha value is -0.980. The number of nitrogens with zero attached hydrogens (tertiary/aromatic N) is 2. The van der Waals surface area contributed by atoms with Gasteiger partial charge >= 0.3 is 0 Å². The Morgan fingerprint density at radius 2 is 2.50 bits per heavy atom. The van der Waals surface area contributed by atoms with Gasteiger partial charge in [0.2, 0.25) is 5.89 Å². The van der Waals surface area contributed by atoms with E-state index in [1.54, 1.807) is 0 Å². The van der Waals surface area contributed by atoms with E-state index in [9.17, 15) is 5.11 Å². The lowest BCUT2D eigenvalue weighted by Gasteiger charge is -2.01. The molecule has 1 aliphatic rings. The second-order valence-electron chi connectivity index (χ2n) is 3.85. The molecule has 1 aliphatic heterocycles. The van der Waals surface area contributed by atoms with Crippen molar-refractivity contribution in [3.63, 3.8) is 0 Å². The molecule has 6 heteroatoms. The van der Waals surface area contributed by atoms with E-state index in [0.717, 1.165) is 0 Å². The van der Waals surface area contributed by atoms with Gasteiger partial charge in [0.05, 0.1) is 18.8 Å². The van der Waals surface area contributed by atoms with Crippen LogP contribution in [0.15, 0.2) is 4.52 Å². The first-order valence-corrected chi connectivity index (χ1v) is 5.61. The third kappa shape index (κ3) is 2.78. The minimum Gasteiger partial charge on any atom is -0.392 e. The minimum absolute atomic E-state index is 0.0108. The van der Waals surface area contributed by atoms with Gasteiger partial charge in [0.1, 0.15) is 0 Å². The summed E-state index contributed by atoms with van der Waals surface area (Å²) in [6, 6.07) is -0.0108. The third-order valence-corrected chi connectivity index (χ3v) is 2.56. The summed E-state index contributed by atoms with van der Waals surface area (Å²) in [7, 11) is 0. The van der Waals surface area contributed by atoms with Crippen molar-refractivity contribution in [1.82, 2.24) is 15.5 Å². The quantitative estimate of drug-likeness (QED) is 0.691. The highest BCUT2D eigenvalue weighted by Gasteiger charge is 2.27. The molecular weight excluding hydrogens is 210 g/mol. The predicted octanol–water partition coefficient (Wildman–Crippen LogP) is 0.0439. The van der Waals surface area contributed by atoms with Gasteiger partial charge in [-0.15, -0.1) is 0 Å². The molecule has 1 aromatic heterocycles. The Bertz CT molecular complexity index is 329. The van der Waals surface area contributed by atoms with Crippen LogP contribution in [0.2, 0.25) is 0 Å². The molecule has 0 bridgehead atoms. The SMILES string of the molecule is CCOCCc1noc([C@H]2C[C@@H](O)CN2)n1. The van der Waals surface area contributed by atoms with Crippen LogP contribution in [0.4, 0.5) is 0 Å². The zero-order valence-electron chi connectivity index (χ0n) is 9.35. The van der Waals surface area contributed by atoms with Gasteiger partial charge < -0.3 is 19.7 Å². The van der Waals surface area contributed by atoms with Crippen LogP contribution in [0, 0.1) is 0 Å². The normalized spacial score (nSPS) is 25.1. The Morgan fingerprint density at radius 1 is 1.62 bits per heavy atom. The number of hydrogen-bond acceptors (Lipinski definition) is 6. The molecule has 0 amide bonds. The first kappa shape index (κ1) is 11.5. The van der Waals surface area contributed by atoms with Gasteiger partial charge in [-0.25, -0.2) is 0 Å². The topological polar surface area (TPSA) is 80.4 Å². The average molecular weight is 227 g/mol. The predicted molar refractivity (Wildman–Crippen MR) is 55.9 cm³/mol. The lowest BCUT2D eigenvalue weighted by Crippen LogP contribution is -2.15. The van der Waals surface area contributed by atoms with E-state index >= 15 is 0 Å². The standard InChI is InChI=1S/C10H17N3O3/c1-2-15-4-3-9-12-10(16-13-9)8-5-7(14)6-11-8/h7-8,11,14H,2-6H2,1H3/t7-,8-/m1/s1. The second kappa shape index (κ2) is 5.38. The molecule has 90 valence electrons. The van der Waals surface area contributed by atoms with Crippen molar-refractivity contribution >= 4 is 0 Å². The molecule has 2 atom stereocenters. The van der Waals surface area contributed by atoms with Gasteiger partial charge in [0, 0.05) is 19.6 Å². The summed E-state index contributed by atoms with van der Waals surface area (Å²) >= 11 is 0. The van der Waals surface area contributed by atoms with E-state index in [0.29, 0.717) is 44.3 Å². The highest BCUT2D eigenvalue weighted by Crippen LogP contribution is 2.21. The fourth-order valence-corrected chi connectivity index (χ4v) is 1.72. The van der Waals surface area contributed by atoms with Crippen molar-refractivity contribution in [1.29, 1.82) is 0 Å². The smallest absolute Gasteiger partial charge is 0.243 e. The van der Waals surface area contributed by atoms with E-state index in [1.807, 2.05) is 6.92 Å². The lowest BCUT2D eigenvalue weighted by atomic mass is 10.2. The van der Waals surface area contributed by atoms with Crippen molar-refractivity contribution in [3.05, 3.63) is 11.7 Å². The van der Waals surface area contributed by atoms with Crippen LogP contribution < -0.4 is 5.32 Å². The van der Waals surface area contributed by atoms with Crippen molar-refractivity contribution in [2.24, 2.45) is 0 Å². The molecular formula is C10H17N3O3. The minimum atomic E-state index is -0.316. The van der Waals surface area contributed by atoms with Gasteiger partial charge in [0.25, 0.3) is 0 Å². The highest BCUT2D eigenvalue weighted by atomic mass is 16.5. The molecule has 0 radical (unpaired) electrons. The molecule has 6 nitrogen and oxygen atoms in total. The maximum atomic E-state index is 9.37. The van der Waals surface area contributed by atoms with Crippen LogP contribution in [0.5, 0.6) is 0 Å². The van der Waals surface area contributed by atoms with Crippen LogP contribution in [-0.4, -0.2) is 41.1 Å². The lowest BCUT2D eigenvalue weighted by molar-refractivity contribution is 0.149. The van der Waals surface area contributed by atoms with Gasteiger partial charge in [-0.05, 0) is 13.3 Å². The number of aliphatic hydroxyl groups is 1. The van der Waals surface area contributed by atoms with Gasteiger partial charge in [-0.1, -0.05) is 5.16 Å². The maximum Gasteiger partial charge on any atom is 0.243 e. The molecule has 2 rings (SSSR count). The number of ether oxygens (including phenoxy) is 1. The largest absolute Gasteiger partial charge is 0.392 e. The van der Waals surface area contributed by atoms with E-state index in [-0.39, 0.29) is 12.1 Å². The molecule has 16 heavy (non-hydrogen) atoms. The van der Waals surface area contributed by atoms with Gasteiger partial charge in [-0.2, -0.15) is 4.98 Å². The molecule has 0 saturated carbocycles. The molecule has 1 aromatic rings. The van der Waals surface area contributed by atoms with E-state index in [1.165, 1.54) is 0 Å². The van der Waals surface area contributed by atoms with E-state index in [4.69, 9.17) is 9.26 Å². The Balaban J connectivity index is 1.87. The number of aliphatic hydroxyl groups excluding tert-OH is 1. The number of β-amino-alcohol motifs (C(OH)–C–C–N with tert-alkyl or cyclic N) is 1. The van der Waals surface area contributed by atoms with Crippen LogP contribution in [0.25, 0.3) is 0 Å². The van der Waals surface area contributed by atoms with Gasteiger partial charge in [-0.3, -0.25) is 0 Å². The number of aromatic nitrogens is 2.